The highest BCUT2D eigenvalue weighted by Crippen LogP contribution is 2.31. The lowest BCUT2D eigenvalue weighted by molar-refractivity contribution is -0.117. The number of aromatic nitrogens is 1. The predicted octanol–water partition coefficient (Wildman–Crippen LogP) is 4.11. The second kappa shape index (κ2) is 10.9. The van der Waals surface area contributed by atoms with Gasteiger partial charge in [0.1, 0.15) is 0 Å². The highest BCUT2D eigenvalue weighted by Gasteiger charge is 2.22. The number of rotatable bonds is 7. The summed E-state index contributed by atoms with van der Waals surface area (Å²) in [7, 11) is 0. The maximum absolute atomic E-state index is 12.6. The van der Waals surface area contributed by atoms with Crippen LogP contribution in [0.5, 0.6) is 0 Å². The number of piperidine rings is 1. The maximum Gasteiger partial charge on any atom is 0.240 e. The summed E-state index contributed by atoms with van der Waals surface area (Å²) in [6, 6.07) is 4.37. The van der Waals surface area contributed by atoms with Crippen LogP contribution in [0.25, 0.3) is 11.3 Å². The molecule has 2 aromatic rings. The Morgan fingerprint density at radius 2 is 1.78 bits per heavy atom. The molecule has 0 unspecified atom stereocenters. The van der Waals surface area contributed by atoms with Crippen molar-refractivity contribution in [3.8, 4) is 11.3 Å². The molecule has 1 amide bonds. The minimum Gasteiger partial charge on any atom is -0.379 e. The third-order valence-corrected chi connectivity index (χ3v) is 7.47. The first kappa shape index (κ1) is 23.4. The quantitative estimate of drug-likeness (QED) is 0.680. The van der Waals surface area contributed by atoms with Crippen molar-refractivity contribution in [3.63, 3.8) is 0 Å². The first-order chi connectivity index (χ1) is 15.5. The standard InChI is InChI=1S/C25H36N4O2S/c1-18-14-19(2)24(20(3)15-18)22-17-32-25(26-22)27-23(30)16-29-8-5-21(6-9-29)4-7-28-10-12-31-13-11-28/h14-15,17,21H,4-13,16H2,1-3H3,(H,26,27,30). The van der Waals surface area contributed by atoms with Crippen molar-refractivity contribution in [1.29, 1.82) is 0 Å². The van der Waals surface area contributed by atoms with E-state index in [2.05, 4.69) is 48.0 Å². The van der Waals surface area contributed by atoms with Crippen LogP contribution < -0.4 is 5.32 Å². The summed E-state index contributed by atoms with van der Waals surface area (Å²) in [4.78, 5) is 22.1. The van der Waals surface area contributed by atoms with Crippen LogP contribution in [0.3, 0.4) is 0 Å². The van der Waals surface area contributed by atoms with E-state index < -0.39 is 0 Å². The molecule has 4 rings (SSSR count). The van der Waals surface area contributed by atoms with E-state index >= 15 is 0 Å². The number of hydrogen-bond donors (Lipinski definition) is 1. The van der Waals surface area contributed by atoms with Crippen LogP contribution in [0.15, 0.2) is 17.5 Å². The van der Waals surface area contributed by atoms with Crippen molar-refractivity contribution in [2.24, 2.45) is 5.92 Å². The van der Waals surface area contributed by atoms with Crippen molar-refractivity contribution >= 4 is 22.4 Å². The van der Waals surface area contributed by atoms with Gasteiger partial charge in [-0.3, -0.25) is 14.6 Å². The highest BCUT2D eigenvalue weighted by molar-refractivity contribution is 7.14. The molecule has 1 aromatic carbocycles. The Hall–Kier alpha value is -1.80. The van der Waals surface area contributed by atoms with Crippen molar-refractivity contribution in [2.75, 3.05) is 57.8 Å². The first-order valence-electron chi connectivity index (χ1n) is 11.8. The third kappa shape index (κ3) is 6.16. The first-order valence-corrected chi connectivity index (χ1v) is 12.7. The number of hydrogen-bond acceptors (Lipinski definition) is 6. The van der Waals surface area contributed by atoms with E-state index in [0.29, 0.717) is 11.7 Å². The summed E-state index contributed by atoms with van der Waals surface area (Å²) in [5.74, 6) is 0.815. The summed E-state index contributed by atoms with van der Waals surface area (Å²) in [6.07, 6.45) is 3.63. The fourth-order valence-corrected chi connectivity index (χ4v) is 5.73. The van der Waals surface area contributed by atoms with Gasteiger partial charge in [0.05, 0.1) is 25.5 Å². The molecular weight excluding hydrogens is 420 g/mol. The summed E-state index contributed by atoms with van der Waals surface area (Å²) < 4.78 is 5.43. The normalized spacial score (nSPS) is 18.7. The topological polar surface area (TPSA) is 57.7 Å². The fourth-order valence-electron chi connectivity index (χ4n) is 5.02. The molecule has 0 aliphatic carbocycles. The molecule has 174 valence electrons. The minimum atomic E-state index is 0.0371. The van der Waals surface area contributed by atoms with Crippen molar-refractivity contribution in [3.05, 3.63) is 34.2 Å². The molecule has 2 aliphatic rings. The van der Waals surface area contributed by atoms with Gasteiger partial charge in [-0.15, -0.1) is 11.3 Å². The molecule has 0 radical (unpaired) electrons. The van der Waals surface area contributed by atoms with Crippen molar-refractivity contribution in [2.45, 2.75) is 40.0 Å². The number of morpholine rings is 1. The second-order valence-corrected chi connectivity index (χ2v) is 10.2. The Labute approximate surface area is 196 Å². The van der Waals surface area contributed by atoms with Gasteiger partial charge in [-0.05, 0) is 76.7 Å². The molecule has 0 spiro atoms. The van der Waals surface area contributed by atoms with E-state index in [9.17, 15) is 4.79 Å². The van der Waals surface area contributed by atoms with Gasteiger partial charge in [-0.2, -0.15) is 0 Å². The van der Waals surface area contributed by atoms with E-state index in [4.69, 9.17) is 9.72 Å². The van der Waals surface area contributed by atoms with Crippen molar-refractivity contribution < 1.29 is 9.53 Å². The minimum absolute atomic E-state index is 0.0371. The number of aryl methyl sites for hydroxylation is 3. The van der Waals surface area contributed by atoms with E-state index in [1.54, 1.807) is 0 Å². The summed E-state index contributed by atoms with van der Waals surface area (Å²) in [6.45, 7) is 13.9. The number of ether oxygens (including phenoxy) is 1. The zero-order valence-corrected chi connectivity index (χ0v) is 20.5. The van der Waals surface area contributed by atoms with Gasteiger partial charge in [-0.1, -0.05) is 17.7 Å². The van der Waals surface area contributed by atoms with Crippen LogP contribution in [0.2, 0.25) is 0 Å². The average Bonchev–Trinajstić information content (AvgIpc) is 3.21. The number of nitrogens with one attached hydrogen (secondary N) is 1. The Kier molecular flexibility index (Phi) is 7.94. The molecule has 1 aromatic heterocycles. The van der Waals surface area contributed by atoms with Crippen LogP contribution in [-0.2, 0) is 9.53 Å². The van der Waals surface area contributed by atoms with Gasteiger partial charge in [0, 0.05) is 24.0 Å². The average molecular weight is 457 g/mol. The molecule has 0 bridgehead atoms. The number of carbonyl (C=O) groups excluding carboxylic acids is 1. The van der Waals surface area contributed by atoms with Gasteiger partial charge >= 0.3 is 0 Å². The lowest BCUT2D eigenvalue weighted by atomic mass is 9.93. The maximum atomic E-state index is 12.6. The van der Waals surface area contributed by atoms with E-state index in [0.717, 1.165) is 51.0 Å². The molecule has 3 heterocycles. The summed E-state index contributed by atoms with van der Waals surface area (Å²) >= 11 is 1.50. The van der Waals surface area contributed by atoms with E-state index in [1.807, 2.05) is 5.38 Å². The molecule has 6 nitrogen and oxygen atoms in total. The molecule has 2 aliphatic heterocycles. The number of carbonyl (C=O) groups is 1. The molecule has 7 heteroatoms. The fraction of sp³-hybridized carbons (Fsp3) is 0.600. The van der Waals surface area contributed by atoms with E-state index in [1.165, 1.54) is 59.4 Å². The number of nitrogens with zero attached hydrogens (tertiary/aromatic N) is 3. The van der Waals surface area contributed by atoms with Crippen LogP contribution >= 0.6 is 11.3 Å². The monoisotopic (exact) mass is 456 g/mol. The van der Waals surface area contributed by atoms with Crippen LogP contribution in [-0.4, -0.2) is 73.2 Å². The van der Waals surface area contributed by atoms with Crippen LogP contribution in [0.1, 0.15) is 36.0 Å². The molecule has 0 saturated carbocycles. The van der Waals surface area contributed by atoms with Gasteiger partial charge in [0.2, 0.25) is 5.91 Å². The van der Waals surface area contributed by atoms with Gasteiger partial charge in [0.15, 0.2) is 5.13 Å². The largest absolute Gasteiger partial charge is 0.379 e. The zero-order valence-electron chi connectivity index (χ0n) is 19.7. The summed E-state index contributed by atoms with van der Waals surface area (Å²) in [5, 5.41) is 5.74. The third-order valence-electron chi connectivity index (χ3n) is 6.72. The number of likely N-dealkylation sites (tertiary alicyclic amines) is 1. The SMILES string of the molecule is Cc1cc(C)c(-c2csc(NC(=O)CN3CCC(CCN4CCOCC4)CC3)n2)c(C)c1. The molecule has 2 saturated heterocycles. The molecule has 2 fully saturated rings. The Bertz CT molecular complexity index is 891. The van der Waals surface area contributed by atoms with Gasteiger partial charge in [0.25, 0.3) is 0 Å². The van der Waals surface area contributed by atoms with Gasteiger partial charge in [-0.25, -0.2) is 4.98 Å². The molecular formula is C25H36N4O2S. The highest BCUT2D eigenvalue weighted by atomic mass is 32.1. The van der Waals surface area contributed by atoms with Crippen LogP contribution in [0.4, 0.5) is 5.13 Å². The number of amides is 1. The van der Waals surface area contributed by atoms with Crippen molar-refractivity contribution in [1.82, 2.24) is 14.8 Å². The predicted molar refractivity (Wildman–Crippen MR) is 131 cm³/mol. The van der Waals surface area contributed by atoms with E-state index in [-0.39, 0.29) is 5.91 Å². The molecule has 0 atom stereocenters. The summed E-state index contributed by atoms with van der Waals surface area (Å²) in [5.41, 5.74) is 5.83. The second-order valence-electron chi connectivity index (χ2n) is 9.32. The zero-order chi connectivity index (χ0) is 22.5. The van der Waals surface area contributed by atoms with Crippen LogP contribution in [0, 0.1) is 26.7 Å². The number of anilines is 1. The lowest BCUT2D eigenvalue weighted by Gasteiger charge is -2.33. The van der Waals surface area contributed by atoms with Gasteiger partial charge < -0.3 is 10.1 Å². The number of benzene rings is 1. The smallest absolute Gasteiger partial charge is 0.240 e. The number of thiazole rings is 1. The molecule has 1 N–H and O–H groups in total. The Balaban J connectivity index is 1.22. The molecule has 32 heavy (non-hydrogen) atoms. The lowest BCUT2D eigenvalue weighted by Crippen LogP contribution is -2.41. The Morgan fingerprint density at radius 3 is 2.47 bits per heavy atom. The Morgan fingerprint density at radius 1 is 1.09 bits per heavy atom.